The molecule has 12 heavy (non-hydrogen) atoms. The lowest BCUT2D eigenvalue weighted by atomic mass is 9.80. The second kappa shape index (κ2) is 3.15. The van der Waals surface area contributed by atoms with Gasteiger partial charge in [0.15, 0.2) is 5.78 Å². The van der Waals surface area contributed by atoms with E-state index < -0.39 is 0 Å². The molecule has 0 aromatic rings. The molecular weight excluding hydrogens is 148 g/mol. The van der Waals surface area contributed by atoms with E-state index in [9.17, 15) is 4.79 Å². The Kier molecular flexibility index (Phi) is 2.38. The maximum Gasteiger partial charge on any atom is 0.159 e. The van der Waals surface area contributed by atoms with Crippen LogP contribution in [0.25, 0.3) is 0 Å². The fourth-order valence-corrected chi connectivity index (χ4v) is 1.60. The third-order valence-electron chi connectivity index (χ3n) is 2.29. The van der Waals surface area contributed by atoms with Gasteiger partial charge in [-0.15, -0.1) is 12.3 Å². The lowest BCUT2D eigenvalue weighted by Gasteiger charge is -2.22. The Morgan fingerprint density at radius 3 is 2.75 bits per heavy atom. The molecule has 0 radical (unpaired) electrons. The zero-order valence-electron chi connectivity index (χ0n) is 7.68. The number of terminal acetylenes is 1. The molecule has 1 aliphatic rings. The molecular formula is C11H14O. The minimum atomic E-state index is -0.123. The van der Waals surface area contributed by atoms with Crippen LogP contribution in [0.4, 0.5) is 0 Å². The molecule has 0 fully saturated rings. The van der Waals surface area contributed by atoms with Gasteiger partial charge in [-0.25, -0.2) is 0 Å². The van der Waals surface area contributed by atoms with Crippen LogP contribution >= 0.6 is 0 Å². The van der Waals surface area contributed by atoms with Crippen LogP contribution in [0.5, 0.6) is 0 Å². The van der Waals surface area contributed by atoms with Crippen molar-refractivity contribution < 1.29 is 4.79 Å². The molecule has 0 N–H and O–H groups in total. The average molecular weight is 162 g/mol. The van der Waals surface area contributed by atoms with Gasteiger partial charge in [0.2, 0.25) is 0 Å². The van der Waals surface area contributed by atoms with E-state index in [1.807, 2.05) is 19.9 Å². The zero-order valence-corrected chi connectivity index (χ0v) is 7.68. The van der Waals surface area contributed by atoms with Crippen LogP contribution in [0.2, 0.25) is 0 Å². The number of hydrogen-bond donors (Lipinski definition) is 0. The van der Waals surface area contributed by atoms with Crippen molar-refractivity contribution in [3.05, 3.63) is 11.6 Å². The summed E-state index contributed by atoms with van der Waals surface area (Å²) in [7, 11) is 0. The summed E-state index contributed by atoms with van der Waals surface area (Å²) in [6.07, 6.45) is 9.47. The average Bonchev–Trinajstić information content (AvgIpc) is 2.35. The second-order valence-electron chi connectivity index (χ2n) is 3.84. The maximum atomic E-state index is 11.4. The van der Waals surface area contributed by atoms with Gasteiger partial charge < -0.3 is 0 Å². The van der Waals surface area contributed by atoms with Crippen molar-refractivity contribution in [2.45, 2.75) is 33.1 Å². The minimum absolute atomic E-state index is 0.123. The Labute approximate surface area is 73.9 Å². The Bertz CT molecular complexity index is 263. The molecule has 1 rings (SSSR count). The molecule has 0 aliphatic heterocycles. The normalized spacial score (nSPS) is 17.4. The molecule has 0 unspecified atom stereocenters. The number of hydrogen-bond acceptors (Lipinski definition) is 1. The van der Waals surface area contributed by atoms with E-state index in [2.05, 4.69) is 5.92 Å². The summed E-state index contributed by atoms with van der Waals surface area (Å²) in [5, 5.41) is 0. The first-order valence-corrected chi connectivity index (χ1v) is 4.25. The topological polar surface area (TPSA) is 17.1 Å². The molecule has 0 amide bonds. The van der Waals surface area contributed by atoms with Crippen molar-refractivity contribution in [2.24, 2.45) is 5.41 Å². The highest BCUT2D eigenvalue weighted by atomic mass is 16.1. The predicted octanol–water partition coefficient (Wildman–Crippen LogP) is 2.33. The zero-order chi connectivity index (χ0) is 9.19. The number of carbonyl (C=O) groups excluding carboxylic acids is 1. The van der Waals surface area contributed by atoms with E-state index in [4.69, 9.17) is 6.42 Å². The first kappa shape index (κ1) is 9.06. The van der Waals surface area contributed by atoms with Gasteiger partial charge in [-0.2, -0.15) is 0 Å². The van der Waals surface area contributed by atoms with Crippen molar-refractivity contribution in [1.29, 1.82) is 0 Å². The molecule has 1 nitrogen and oxygen atoms in total. The van der Waals surface area contributed by atoms with Gasteiger partial charge in [0.25, 0.3) is 0 Å². The third-order valence-corrected chi connectivity index (χ3v) is 2.29. The highest BCUT2D eigenvalue weighted by Gasteiger charge is 2.29. The fraction of sp³-hybridized carbons (Fsp3) is 0.545. The minimum Gasteiger partial charge on any atom is -0.295 e. The van der Waals surface area contributed by atoms with Crippen molar-refractivity contribution >= 4 is 5.78 Å². The van der Waals surface area contributed by atoms with Crippen molar-refractivity contribution in [1.82, 2.24) is 0 Å². The monoisotopic (exact) mass is 162 g/mol. The predicted molar refractivity (Wildman–Crippen MR) is 49.6 cm³/mol. The lowest BCUT2D eigenvalue weighted by Crippen LogP contribution is -2.18. The highest BCUT2D eigenvalue weighted by Crippen LogP contribution is 2.34. The van der Waals surface area contributed by atoms with Crippen LogP contribution in [0, 0.1) is 17.8 Å². The Morgan fingerprint density at radius 1 is 1.67 bits per heavy atom. The van der Waals surface area contributed by atoms with Gasteiger partial charge in [0, 0.05) is 18.3 Å². The molecule has 1 aliphatic carbocycles. The number of ketones is 1. The highest BCUT2D eigenvalue weighted by molar-refractivity contribution is 5.98. The van der Waals surface area contributed by atoms with Gasteiger partial charge in [-0.3, -0.25) is 4.79 Å². The maximum absolute atomic E-state index is 11.4. The number of allylic oxidation sites excluding steroid dienone is 2. The first-order chi connectivity index (χ1) is 5.58. The van der Waals surface area contributed by atoms with Crippen LogP contribution in [0.15, 0.2) is 11.6 Å². The SMILES string of the molecule is C#CCC(C)(C)C1=CCCC1=O. The third kappa shape index (κ3) is 1.58. The summed E-state index contributed by atoms with van der Waals surface area (Å²) in [5.41, 5.74) is 0.808. The molecule has 0 spiro atoms. The summed E-state index contributed by atoms with van der Waals surface area (Å²) in [6.45, 7) is 4.06. The van der Waals surface area contributed by atoms with Crippen molar-refractivity contribution in [3.63, 3.8) is 0 Å². The smallest absolute Gasteiger partial charge is 0.159 e. The van der Waals surface area contributed by atoms with E-state index in [0.717, 1.165) is 12.0 Å². The van der Waals surface area contributed by atoms with Crippen LogP contribution < -0.4 is 0 Å². The molecule has 0 aromatic carbocycles. The summed E-state index contributed by atoms with van der Waals surface area (Å²) >= 11 is 0. The van der Waals surface area contributed by atoms with Gasteiger partial charge in [-0.1, -0.05) is 19.9 Å². The Balaban J connectivity index is 2.82. The van der Waals surface area contributed by atoms with E-state index in [-0.39, 0.29) is 11.2 Å². The van der Waals surface area contributed by atoms with Crippen molar-refractivity contribution in [2.75, 3.05) is 0 Å². The molecule has 1 heteroatoms. The van der Waals surface area contributed by atoms with E-state index in [1.165, 1.54) is 0 Å². The van der Waals surface area contributed by atoms with Crippen LogP contribution in [-0.2, 0) is 4.79 Å². The van der Waals surface area contributed by atoms with Crippen LogP contribution in [-0.4, -0.2) is 5.78 Å². The molecule has 64 valence electrons. The fourth-order valence-electron chi connectivity index (χ4n) is 1.60. The van der Waals surface area contributed by atoms with Crippen LogP contribution in [0.1, 0.15) is 33.1 Å². The Hall–Kier alpha value is -1.03. The molecule has 0 aromatic heterocycles. The van der Waals surface area contributed by atoms with E-state index in [0.29, 0.717) is 12.8 Å². The van der Waals surface area contributed by atoms with Gasteiger partial charge in [0.05, 0.1) is 0 Å². The standard InChI is InChI=1S/C11H14O/c1-4-8-11(2,3)9-6-5-7-10(9)12/h1,6H,5,7-8H2,2-3H3. The molecule has 0 bridgehead atoms. The van der Waals surface area contributed by atoms with Gasteiger partial charge in [0.1, 0.15) is 0 Å². The largest absolute Gasteiger partial charge is 0.295 e. The number of rotatable bonds is 2. The Morgan fingerprint density at radius 2 is 2.33 bits per heavy atom. The van der Waals surface area contributed by atoms with Crippen molar-refractivity contribution in [3.8, 4) is 12.3 Å². The summed E-state index contributed by atoms with van der Waals surface area (Å²) in [4.78, 5) is 11.4. The summed E-state index contributed by atoms with van der Waals surface area (Å²) in [6, 6.07) is 0. The quantitative estimate of drug-likeness (QED) is 0.569. The summed E-state index contributed by atoms with van der Waals surface area (Å²) < 4.78 is 0. The molecule has 0 atom stereocenters. The second-order valence-corrected chi connectivity index (χ2v) is 3.84. The van der Waals surface area contributed by atoms with Gasteiger partial charge >= 0.3 is 0 Å². The molecule has 0 heterocycles. The number of carbonyl (C=O) groups is 1. The first-order valence-electron chi connectivity index (χ1n) is 4.25. The number of Topliss-reactive ketones (excluding diaryl/α,β-unsaturated/α-hetero) is 1. The summed E-state index contributed by atoms with van der Waals surface area (Å²) in [5.74, 6) is 2.89. The molecule has 0 saturated heterocycles. The van der Waals surface area contributed by atoms with Crippen LogP contribution in [0.3, 0.4) is 0 Å². The lowest BCUT2D eigenvalue weighted by molar-refractivity contribution is -0.115. The van der Waals surface area contributed by atoms with E-state index >= 15 is 0 Å². The van der Waals surface area contributed by atoms with Gasteiger partial charge in [-0.05, 0) is 12.0 Å². The van der Waals surface area contributed by atoms with E-state index in [1.54, 1.807) is 0 Å². The molecule has 0 saturated carbocycles.